The van der Waals surface area contributed by atoms with E-state index < -0.39 is 11.7 Å². The summed E-state index contributed by atoms with van der Waals surface area (Å²) in [6.45, 7) is 8.08. The van der Waals surface area contributed by atoms with Gasteiger partial charge in [0.2, 0.25) is 5.91 Å². The average Bonchev–Trinajstić information content (AvgIpc) is 3.01. The number of rotatable bonds is 6. The molecule has 30 heavy (non-hydrogen) atoms. The molecular weight excluding hydrogens is 384 g/mol. The summed E-state index contributed by atoms with van der Waals surface area (Å²) in [4.78, 5) is 36.9. The maximum atomic E-state index is 12.9. The zero-order valence-electron chi connectivity index (χ0n) is 17.8. The molecular formula is C23H26N2O5. The zero-order valence-corrected chi connectivity index (χ0v) is 17.8. The number of methoxy groups -OCH3 is 1. The molecule has 0 aliphatic carbocycles. The lowest BCUT2D eigenvalue weighted by molar-refractivity contribution is -0.116. The van der Waals surface area contributed by atoms with Gasteiger partial charge < -0.3 is 14.5 Å². The first kappa shape index (κ1) is 21.4. The highest BCUT2D eigenvalue weighted by Gasteiger charge is 2.19. The molecule has 7 heteroatoms. The number of oxazole rings is 1. The van der Waals surface area contributed by atoms with E-state index in [-0.39, 0.29) is 35.4 Å². The number of carbonyl (C=O) groups excluding carboxylic acids is 2. The van der Waals surface area contributed by atoms with Crippen LogP contribution in [0.2, 0.25) is 0 Å². The minimum atomic E-state index is -0.664. The fourth-order valence-corrected chi connectivity index (χ4v) is 3.48. The fraction of sp³-hybridized carbons (Fsp3) is 0.348. The molecule has 3 rings (SSSR count). The first-order valence-corrected chi connectivity index (χ1v) is 9.87. The van der Waals surface area contributed by atoms with Gasteiger partial charge in [0.25, 0.3) is 0 Å². The summed E-state index contributed by atoms with van der Waals surface area (Å²) in [7, 11) is 1.28. The van der Waals surface area contributed by atoms with Crippen LogP contribution in [-0.2, 0) is 16.1 Å². The van der Waals surface area contributed by atoms with E-state index in [1.807, 2.05) is 18.2 Å². The predicted octanol–water partition coefficient (Wildman–Crippen LogP) is 4.27. The number of anilines is 1. The number of esters is 1. The molecule has 1 N–H and O–H groups in total. The maximum absolute atomic E-state index is 12.9. The molecule has 0 spiro atoms. The Hall–Kier alpha value is -3.35. The minimum absolute atomic E-state index is 0.201. The van der Waals surface area contributed by atoms with Gasteiger partial charge in [0.05, 0.1) is 18.2 Å². The molecule has 2 aromatic carbocycles. The third-order valence-electron chi connectivity index (χ3n) is 5.03. The van der Waals surface area contributed by atoms with Gasteiger partial charge in [-0.1, -0.05) is 45.9 Å². The predicted molar refractivity (Wildman–Crippen MR) is 115 cm³/mol. The van der Waals surface area contributed by atoms with Gasteiger partial charge in [-0.3, -0.25) is 9.36 Å². The number of nitrogens with zero attached hydrogens (tertiary/aromatic N) is 1. The number of fused-ring (bicyclic) bond motifs is 1. The van der Waals surface area contributed by atoms with Crippen LogP contribution in [0.4, 0.5) is 5.69 Å². The Morgan fingerprint density at radius 3 is 2.27 bits per heavy atom. The largest absolute Gasteiger partial charge is 0.465 e. The second kappa shape index (κ2) is 8.57. The van der Waals surface area contributed by atoms with Crippen molar-refractivity contribution in [3.05, 3.63) is 63.6 Å². The summed E-state index contributed by atoms with van der Waals surface area (Å²) >= 11 is 0. The Morgan fingerprint density at radius 2 is 1.70 bits per heavy atom. The van der Waals surface area contributed by atoms with Crippen molar-refractivity contribution < 1.29 is 18.7 Å². The highest BCUT2D eigenvalue weighted by atomic mass is 16.5. The van der Waals surface area contributed by atoms with Crippen LogP contribution >= 0.6 is 0 Å². The van der Waals surface area contributed by atoms with Gasteiger partial charge in [0.1, 0.15) is 6.54 Å². The molecule has 0 aliphatic rings. The number of benzene rings is 2. The van der Waals surface area contributed by atoms with Crippen LogP contribution in [0.3, 0.4) is 0 Å². The molecule has 0 saturated heterocycles. The molecule has 0 radical (unpaired) electrons. The Morgan fingerprint density at radius 1 is 1.07 bits per heavy atom. The van der Waals surface area contributed by atoms with Crippen LogP contribution < -0.4 is 11.1 Å². The monoisotopic (exact) mass is 410 g/mol. The molecule has 0 fully saturated rings. The van der Waals surface area contributed by atoms with E-state index >= 15 is 0 Å². The van der Waals surface area contributed by atoms with Crippen molar-refractivity contribution in [3.8, 4) is 0 Å². The fourth-order valence-electron chi connectivity index (χ4n) is 3.48. The summed E-state index contributed by atoms with van der Waals surface area (Å²) in [5, 5.41) is 3.00. The summed E-state index contributed by atoms with van der Waals surface area (Å²) in [5.74, 6) is -1.06. The number of ether oxygens (including phenoxy) is 1. The summed E-state index contributed by atoms with van der Waals surface area (Å²) < 4.78 is 11.2. The van der Waals surface area contributed by atoms with Gasteiger partial charge in [-0.2, -0.15) is 0 Å². The van der Waals surface area contributed by atoms with Crippen molar-refractivity contribution in [1.29, 1.82) is 0 Å². The van der Waals surface area contributed by atoms with Gasteiger partial charge in [-0.05, 0) is 41.2 Å². The Balaban J connectivity index is 1.93. The van der Waals surface area contributed by atoms with Crippen molar-refractivity contribution in [2.24, 2.45) is 0 Å². The Bertz CT molecular complexity index is 1130. The molecule has 1 amide bonds. The molecule has 158 valence electrons. The number of nitrogens with one attached hydrogen (secondary N) is 1. The third-order valence-corrected chi connectivity index (χ3v) is 5.03. The molecule has 3 aromatic rings. The van der Waals surface area contributed by atoms with Crippen molar-refractivity contribution in [2.75, 3.05) is 12.4 Å². The maximum Gasteiger partial charge on any atom is 0.420 e. The van der Waals surface area contributed by atoms with Gasteiger partial charge >= 0.3 is 11.7 Å². The zero-order chi connectivity index (χ0) is 22.0. The van der Waals surface area contributed by atoms with Crippen molar-refractivity contribution in [1.82, 2.24) is 4.57 Å². The SMILES string of the molecule is COC(=O)c1ccc2c(c1)oc(=O)n2CC(=O)Nc1c(C(C)C)cccc1C(C)C. The van der Waals surface area contributed by atoms with E-state index in [1.165, 1.54) is 23.8 Å². The summed E-state index contributed by atoms with van der Waals surface area (Å²) in [5.41, 5.74) is 3.80. The number of hydrogen-bond acceptors (Lipinski definition) is 5. The number of amides is 1. The topological polar surface area (TPSA) is 90.5 Å². The lowest BCUT2D eigenvalue weighted by Crippen LogP contribution is -2.25. The summed E-state index contributed by atoms with van der Waals surface area (Å²) in [6, 6.07) is 10.5. The first-order valence-electron chi connectivity index (χ1n) is 9.87. The minimum Gasteiger partial charge on any atom is -0.465 e. The Kier molecular flexibility index (Phi) is 6.10. The van der Waals surface area contributed by atoms with E-state index in [1.54, 1.807) is 6.07 Å². The standard InChI is InChI=1S/C23H26N2O5/c1-13(2)16-7-6-8-17(14(3)4)21(16)24-20(26)12-25-18-10-9-15(22(27)29-5)11-19(18)30-23(25)28/h6-11,13-14H,12H2,1-5H3,(H,24,26). The van der Waals surface area contributed by atoms with Crippen LogP contribution in [0.25, 0.3) is 11.1 Å². The van der Waals surface area contributed by atoms with E-state index in [2.05, 4.69) is 37.7 Å². The van der Waals surface area contributed by atoms with Crippen LogP contribution in [-0.4, -0.2) is 23.6 Å². The van der Waals surface area contributed by atoms with Crippen LogP contribution in [0, 0.1) is 0 Å². The second-order valence-corrected chi connectivity index (χ2v) is 7.80. The smallest absolute Gasteiger partial charge is 0.420 e. The quantitative estimate of drug-likeness (QED) is 0.613. The van der Waals surface area contributed by atoms with Gasteiger partial charge in [-0.25, -0.2) is 9.59 Å². The third kappa shape index (κ3) is 4.15. The van der Waals surface area contributed by atoms with E-state index in [4.69, 9.17) is 4.42 Å². The van der Waals surface area contributed by atoms with E-state index in [0.29, 0.717) is 5.52 Å². The molecule has 0 saturated carbocycles. The molecule has 7 nitrogen and oxygen atoms in total. The summed E-state index contributed by atoms with van der Waals surface area (Å²) in [6.07, 6.45) is 0. The molecule has 0 bridgehead atoms. The van der Waals surface area contributed by atoms with Crippen LogP contribution in [0.15, 0.2) is 45.6 Å². The van der Waals surface area contributed by atoms with Gasteiger partial charge in [0, 0.05) is 5.69 Å². The Labute approximate surface area is 174 Å². The molecule has 1 heterocycles. The highest BCUT2D eigenvalue weighted by Crippen LogP contribution is 2.32. The first-order chi connectivity index (χ1) is 14.2. The highest BCUT2D eigenvalue weighted by molar-refractivity contribution is 5.95. The van der Waals surface area contributed by atoms with Crippen LogP contribution in [0.1, 0.15) is 61.0 Å². The molecule has 1 aromatic heterocycles. The van der Waals surface area contributed by atoms with Crippen molar-refractivity contribution in [2.45, 2.75) is 46.1 Å². The van der Waals surface area contributed by atoms with Gasteiger partial charge in [-0.15, -0.1) is 0 Å². The van der Waals surface area contributed by atoms with Gasteiger partial charge in [0.15, 0.2) is 5.58 Å². The second-order valence-electron chi connectivity index (χ2n) is 7.80. The normalized spacial score (nSPS) is 11.3. The van der Waals surface area contributed by atoms with E-state index in [0.717, 1.165) is 16.8 Å². The average molecular weight is 410 g/mol. The number of para-hydroxylation sites is 1. The van der Waals surface area contributed by atoms with Crippen LogP contribution in [0.5, 0.6) is 0 Å². The lowest BCUT2D eigenvalue weighted by Gasteiger charge is -2.20. The molecule has 0 atom stereocenters. The number of aromatic nitrogens is 1. The van der Waals surface area contributed by atoms with Crippen molar-refractivity contribution >= 4 is 28.7 Å². The van der Waals surface area contributed by atoms with Crippen molar-refractivity contribution in [3.63, 3.8) is 0 Å². The lowest BCUT2D eigenvalue weighted by atomic mass is 9.92. The number of hydrogen-bond donors (Lipinski definition) is 1. The molecule has 0 unspecified atom stereocenters. The number of carbonyl (C=O) groups is 2. The van der Waals surface area contributed by atoms with E-state index in [9.17, 15) is 14.4 Å². The molecule has 0 aliphatic heterocycles.